The fraction of sp³-hybridized carbons (Fsp3) is 0.480. The zero-order valence-electron chi connectivity index (χ0n) is 19.6. The monoisotopic (exact) mass is 452 g/mol. The molecule has 8 heteroatoms. The summed E-state index contributed by atoms with van der Waals surface area (Å²) in [5.41, 5.74) is 1.78. The third kappa shape index (κ3) is 6.51. The van der Waals surface area contributed by atoms with Crippen molar-refractivity contribution in [2.45, 2.75) is 45.6 Å². The Bertz CT molecular complexity index is 1000. The summed E-state index contributed by atoms with van der Waals surface area (Å²) in [6, 6.07) is 7.12. The molecule has 2 aromatic heterocycles. The molecule has 0 unspecified atom stereocenters. The molecule has 0 aromatic carbocycles. The number of carbonyl (C=O) groups is 1. The zero-order valence-corrected chi connectivity index (χ0v) is 19.6. The van der Waals surface area contributed by atoms with Gasteiger partial charge in [0, 0.05) is 43.5 Å². The first-order valence-electron chi connectivity index (χ1n) is 11.1. The van der Waals surface area contributed by atoms with E-state index in [9.17, 15) is 15.0 Å². The number of nitrogens with zero attached hydrogens (tertiary/aromatic N) is 4. The minimum Gasteiger partial charge on any atom is -0.472 e. The molecule has 1 amide bonds. The van der Waals surface area contributed by atoms with Gasteiger partial charge in [-0.2, -0.15) is 0 Å². The van der Waals surface area contributed by atoms with Gasteiger partial charge in [-0.25, -0.2) is 4.98 Å². The summed E-state index contributed by atoms with van der Waals surface area (Å²) in [6.45, 7) is 6.99. The van der Waals surface area contributed by atoms with Crippen molar-refractivity contribution < 1.29 is 19.7 Å². The van der Waals surface area contributed by atoms with Crippen LogP contribution in [0.25, 0.3) is 0 Å². The Hall–Kier alpha value is -2.99. The van der Waals surface area contributed by atoms with Crippen molar-refractivity contribution in [2.75, 3.05) is 26.7 Å². The molecule has 33 heavy (non-hydrogen) atoms. The fourth-order valence-electron chi connectivity index (χ4n) is 3.72. The number of amides is 1. The Kier molecular flexibility index (Phi) is 8.39. The van der Waals surface area contributed by atoms with Gasteiger partial charge in [-0.1, -0.05) is 24.8 Å². The highest BCUT2D eigenvalue weighted by Gasteiger charge is 2.34. The highest BCUT2D eigenvalue weighted by molar-refractivity contribution is 5.97. The molecule has 0 radical (unpaired) electrons. The second kappa shape index (κ2) is 11.2. The first-order valence-corrected chi connectivity index (χ1v) is 11.1. The fourth-order valence-corrected chi connectivity index (χ4v) is 3.72. The predicted molar refractivity (Wildman–Crippen MR) is 125 cm³/mol. The van der Waals surface area contributed by atoms with E-state index in [2.05, 4.69) is 26.7 Å². The Morgan fingerprint density at radius 2 is 2.12 bits per heavy atom. The van der Waals surface area contributed by atoms with Crippen LogP contribution in [-0.4, -0.2) is 80.9 Å². The number of hydrogen-bond donors (Lipinski definition) is 2. The Morgan fingerprint density at radius 1 is 1.33 bits per heavy atom. The van der Waals surface area contributed by atoms with Crippen LogP contribution in [0.1, 0.15) is 42.4 Å². The molecular weight excluding hydrogens is 420 g/mol. The number of aliphatic hydroxyl groups excluding tert-OH is 2. The molecule has 0 saturated carbocycles. The molecule has 4 atom stereocenters. The molecule has 1 aliphatic heterocycles. The molecule has 0 bridgehead atoms. The van der Waals surface area contributed by atoms with Gasteiger partial charge in [-0.05, 0) is 39.1 Å². The van der Waals surface area contributed by atoms with Gasteiger partial charge < -0.3 is 19.8 Å². The Labute approximate surface area is 195 Å². The standard InChI is InChI=1S/C25H32N4O4/c1-17-13-29(18(2)16-30)25(32)22-11-20(9-8-19(3)31)12-27-24(22)33-23(17)15-28(4)14-21-7-5-6-10-26-21/h5-7,10-12,17-19,23,30-31H,13-16H2,1-4H3/t17-,18-,19-,23-/m0/s1. The van der Waals surface area contributed by atoms with E-state index >= 15 is 0 Å². The van der Waals surface area contributed by atoms with Gasteiger partial charge in [-0.15, -0.1) is 0 Å². The molecule has 0 aliphatic carbocycles. The molecule has 0 spiro atoms. The number of ether oxygens (including phenoxy) is 1. The minimum absolute atomic E-state index is 0.00112. The average molecular weight is 453 g/mol. The van der Waals surface area contributed by atoms with Gasteiger partial charge in [0.1, 0.15) is 17.8 Å². The third-order valence-corrected chi connectivity index (χ3v) is 5.60. The number of carbonyl (C=O) groups excluding carboxylic acids is 1. The van der Waals surface area contributed by atoms with Crippen molar-refractivity contribution in [1.82, 2.24) is 19.8 Å². The largest absolute Gasteiger partial charge is 0.472 e. The highest BCUT2D eigenvalue weighted by atomic mass is 16.5. The van der Waals surface area contributed by atoms with Crippen molar-refractivity contribution in [2.24, 2.45) is 5.92 Å². The smallest absolute Gasteiger partial charge is 0.259 e. The van der Waals surface area contributed by atoms with Crippen molar-refractivity contribution in [3.8, 4) is 17.7 Å². The average Bonchev–Trinajstić information content (AvgIpc) is 2.80. The van der Waals surface area contributed by atoms with Crippen LogP contribution in [0.2, 0.25) is 0 Å². The first-order chi connectivity index (χ1) is 15.8. The van der Waals surface area contributed by atoms with E-state index in [1.807, 2.05) is 39.1 Å². The second-order valence-electron chi connectivity index (χ2n) is 8.66. The van der Waals surface area contributed by atoms with Gasteiger partial charge in [0.25, 0.3) is 5.91 Å². The lowest BCUT2D eigenvalue weighted by molar-refractivity contribution is 0.0324. The highest BCUT2D eigenvalue weighted by Crippen LogP contribution is 2.27. The summed E-state index contributed by atoms with van der Waals surface area (Å²) >= 11 is 0. The molecular formula is C25H32N4O4. The lowest BCUT2D eigenvalue weighted by Crippen LogP contribution is -2.49. The van der Waals surface area contributed by atoms with E-state index < -0.39 is 6.10 Å². The summed E-state index contributed by atoms with van der Waals surface area (Å²) < 4.78 is 6.29. The number of rotatable bonds is 6. The van der Waals surface area contributed by atoms with E-state index in [0.29, 0.717) is 30.8 Å². The summed E-state index contributed by atoms with van der Waals surface area (Å²) in [5.74, 6) is 5.50. The number of pyridine rings is 2. The minimum atomic E-state index is -0.787. The number of fused-ring (bicyclic) bond motifs is 1. The van der Waals surface area contributed by atoms with Crippen LogP contribution in [0, 0.1) is 17.8 Å². The SMILES string of the molecule is C[C@H](O)C#Cc1cnc2c(c1)C(=O)N([C@@H](C)CO)C[C@H](C)[C@H](CN(C)Cc1ccccn1)O2. The molecule has 8 nitrogen and oxygen atoms in total. The maximum Gasteiger partial charge on any atom is 0.259 e. The predicted octanol–water partition coefficient (Wildman–Crippen LogP) is 1.56. The van der Waals surface area contributed by atoms with E-state index in [-0.39, 0.29) is 36.5 Å². The van der Waals surface area contributed by atoms with E-state index in [1.54, 1.807) is 30.3 Å². The Balaban J connectivity index is 1.91. The quantitative estimate of drug-likeness (QED) is 0.642. The van der Waals surface area contributed by atoms with Crippen LogP contribution in [0.5, 0.6) is 5.88 Å². The third-order valence-electron chi connectivity index (χ3n) is 5.60. The van der Waals surface area contributed by atoms with Crippen molar-refractivity contribution >= 4 is 5.91 Å². The molecule has 0 fully saturated rings. The lowest BCUT2D eigenvalue weighted by atomic mass is 10.00. The lowest BCUT2D eigenvalue weighted by Gasteiger charge is -2.37. The molecule has 2 N–H and O–H groups in total. The first kappa shape index (κ1) is 24.6. The normalized spacial score (nSPS) is 20.1. The van der Waals surface area contributed by atoms with Crippen molar-refractivity contribution in [3.63, 3.8) is 0 Å². The van der Waals surface area contributed by atoms with Gasteiger partial charge >= 0.3 is 0 Å². The molecule has 0 saturated heterocycles. The number of likely N-dealkylation sites (N-methyl/N-ethyl adjacent to an activating group) is 1. The molecule has 3 rings (SSSR count). The van der Waals surface area contributed by atoms with Crippen LogP contribution in [0.15, 0.2) is 36.7 Å². The molecule has 1 aliphatic rings. The van der Waals surface area contributed by atoms with E-state index in [4.69, 9.17) is 4.74 Å². The van der Waals surface area contributed by atoms with E-state index in [0.717, 1.165) is 5.69 Å². The number of aliphatic hydroxyl groups is 2. The van der Waals surface area contributed by atoms with Crippen LogP contribution < -0.4 is 4.74 Å². The molecule has 2 aromatic rings. The van der Waals surface area contributed by atoms with Crippen LogP contribution in [-0.2, 0) is 6.54 Å². The summed E-state index contributed by atoms with van der Waals surface area (Å²) in [7, 11) is 2.01. The van der Waals surface area contributed by atoms with Crippen LogP contribution in [0.3, 0.4) is 0 Å². The summed E-state index contributed by atoms with van der Waals surface area (Å²) in [5, 5.41) is 19.2. The Morgan fingerprint density at radius 3 is 2.79 bits per heavy atom. The van der Waals surface area contributed by atoms with Gasteiger partial charge in [0.05, 0.1) is 18.3 Å². The van der Waals surface area contributed by atoms with Gasteiger partial charge in [0.15, 0.2) is 0 Å². The van der Waals surface area contributed by atoms with Gasteiger partial charge in [0.2, 0.25) is 5.88 Å². The maximum atomic E-state index is 13.4. The van der Waals surface area contributed by atoms with Crippen LogP contribution in [0.4, 0.5) is 0 Å². The molecule has 176 valence electrons. The van der Waals surface area contributed by atoms with E-state index in [1.165, 1.54) is 0 Å². The molecule has 3 heterocycles. The van der Waals surface area contributed by atoms with Gasteiger partial charge in [-0.3, -0.25) is 14.7 Å². The summed E-state index contributed by atoms with van der Waals surface area (Å²) in [6.07, 6.45) is 2.30. The van der Waals surface area contributed by atoms with Crippen LogP contribution >= 0.6 is 0 Å². The van der Waals surface area contributed by atoms with Crippen molar-refractivity contribution in [3.05, 3.63) is 53.5 Å². The second-order valence-corrected chi connectivity index (χ2v) is 8.66. The number of aromatic nitrogens is 2. The maximum absolute atomic E-state index is 13.4. The van der Waals surface area contributed by atoms with Crippen molar-refractivity contribution in [1.29, 1.82) is 0 Å². The zero-order chi connectivity index (χ0) is 24.0. The summed E-state index contributed by atoms with van der Waals surface area (Å²) in [4.78, 5) is 26.0. The number of hydrogen-bond acceptors (Lipinski definition) is 7. The topological polar surface area (TPSA) is 99.0 Å².